The lowest BCUT2D eigenvalue weighted by atomic mass is 10.1. The number of aliphatic hydroxyl groups excluding tert-OH is 1. The normalized spacial score (nSPS) is 24.5. The van der Waals surface area contributed by atoms with Crippen molar-refractivity contribution < 1.29 is 9.84 Å². The monoisotopic (exact) mass is 249 g/mol. The third-order valence-corrected chi connectivity index (χ3v) is 3.23. The predicted molar refractivity (Wildman–Crippen MR) is 64.6 cm³/mol. The van der Waals surface area contributed by atoms with E-state index in [-0.39, 0.29) is 18.9 Å². The Kier molecular flexibility index (Phi) is 2.85. The summed E-state index contributed by atoms with van der Waals surface area (Å²) in [6.07, 6.45) is 5.61. The molecule has 0 unspecified atom stereocenters. The molecule has 2 atom stereocenters. The topological polar surface area (TPSA) is 99.1 Å². The summed E-state index contributed by atoms with van der Waals surface area (Å²) in [5.41, 5.74) is 7.01. The second kappa shape index (κ2) is 4.51. The van der Waals surface area contributed by atoms with Crippen LogP contribution in [0.4, 0.5) is 5.82 Å². The van der Waals surface area contributed by atoms with Gasteiger partial charge in [0.15, 0.2) is 11.5 Å². The minimum absolute atomic E-state index is 0.0419. The third-order valence-electron chi connectivity index (χ3n) is 3.23. The van der Waals surface area contributed by atoms with E-state index in [0.717, 1.165) is 19.3 Å². The highest BCUT2D eigenvalue weighted by atomic mass is 16.5. The molecular weight excluding hydrogens is 234 g/mol. The molecule has 0 radical (unpaired) electrons. The second-order valence-electron chi connectivity index (χ2n) is 4.41. The summed E-state index contributed by atoms with van der Waals surface area (Å²) in [6, 6.07) is 0. The Morgan fingerprint density at radius 1 is 1.39 bits per heavy atom. The van der Waals surface area contributed by atoms with Crippen LogP contribution < -0.4 is 5.73 Å². The second-order valence-corrected chi connectivity index (χ2v) is 4.41. The summed E-state index contributed by atoms with van der Waals surface area (Å²) >= 11 is 0. The Morgan fingerprint density at radius 2 is 2.28 bits per heavy atom. The number of anilines is 1. The first-order valence-electron chi connectivity index (χ1n) is 5.99. The molecule has 0 bridgehead atoms. The number of nitrogens with zero attached hydrogens (tertiary/aromatic N) is 4. The molecule has 0 amide bonds. The first-order chi connectivity index (χ1) is 8.79. The zero-order valence-corrected chi connectivity index (χ0v) is 9.86. The van der Waals surface area contributed by atoms with Crippen LogP contribution in [-0.2, 0) is 4.74 Å². The van der Waals surface area contributed by atoms with Crippen molar-refractivity contribution in [1.29, 1.82) is 0 Å². The number of aromatic nitrogens is 4. The number of hydrogen-bond acceptors (Lipinski definition) is 6. The van der Waals surface area contributed by atoms with Gasteiger partial charge in [-0.25, -0.2) is 15.0 Å². The highest BCUT2D eigenvalue weighted by molar-refractivity contribution is 5.81. The molecule has 0 saturated carbocycles. The molecule has 1 saturated heterocycles. The van der Waals surface area contributed by atoms with Crippen LogP contribution in [0, 0.1) is 0 Å². The van der Waals surface area contributed by atoms with Gasteiger partial charge < -0.3 is 15.6 Å². The molecule has 0 spiro atoms. The highest BCUT2D eigenvalue weighted by Crippen LogP contribution is 2.29. The van der Waals surface area contributed by atoms with Crippen LogP contribution in [0.2, 0.25) is 0 Å². The molecule has 3 N–H and O–H groups in total. The van der Waals surface area contributed by atoms with Gasteiger partial charge in [0.1, 0.15) is 18.1 Å². The van der Waals surface area contributed by atoms with Gasteiger partial charge in [-0.15, -0.1) is 0 Å². The van der Waals surface area contributed by atoms with Crippen molar-refractivity contribution in [3.05, 3.63) is 12.7 Å². The first-order valence-corrected chi connectivity index (χ1v) is 5.99. The fraction of sp³-hybridized carbons (Fsp3) is 0.545. The zero-order valence-electron chi connectivity index (χ0n) is 9.86. The van der Waals surface area contributed by atoms with Gasteiger partial charge in [0.05, 0.1) is 19.0 Å². The van der Waals surface area contributed by atoms with Crippen LogP contribution >= 0.6 is 0 Å². The van der Waals surface area contributed by atoms with Crippen molar-refractivity contribution in [3.63, 3.8) is 0 Å². The number of imidazole rings is 1. The van der Waals surface area contributed by atoms with Crippen LogP contribution in [0.25, 0.3) is 11.2 Å². The van der Waals surface area contributed by atoms with Crippen molar-refractivity contribution in [1.82, 2.24) is 19.5 Å². The molecule has 3 rings (SSSR count). The van der Waals surface area contributed by atoms with Gasteiger partial charge in [-0.1, -0.05) is 0 Å². The number of ether oxygens (including phenoxy) is 1. The maximum absolute atomic E-state index is 9.17. The lowest BCUT2D eigenvalue weighted by Gasteiger charge is -2.29. The minimum atomic E-state index is -0.143. The van der Waals surface area contributed by atoms with Crippen LogP contribution in [-0.4, -0.2) is 37.3 Å². The molecule has 7 nitrogen and oxygen atoms in total. The molecule has 1 aliphatic heterocycles. The molecule has 0 aromatic carbocycles. The van der Waals surface area contributed by atoms with Crippen molar-refractivity contribution in [3.8, 4) is 0 Å². The van der Waals surface area contributed by atoms with Crippen molar-refractivity contribution in [2.45, 2.75) is 31.6 Å². The molecular formula is C11H15N5O2. The fourth-order valence-corrected chi connectivity index (χ4v) is 2.30. The minimum Gasteiger partial charge on any atom is -0.394 e. The van der Waals surface area contributed by atoms with Gasteiger partial charge in [-0.05, 0) is 19.3 Å². The van der Waals surface area contributed by atoms with Gasteiger partial charge >= 0.3 is 0 Å². The maximum Gasteiger partial charge on any atom is 0.167 e. The smallest absolute Gasteiger partial charge is 0.167 e. The molecule has 96 valence electrons. The number of hydrogen-bond donors (Lipinski definition) is 2. The van der Waals surface area contributed by atoms with E-state index in [2.05, 4.69) is 15.0 Å². The summed E-state index contributed by atoms with van der Waals surface area (Å²) in [5.74, 6) is 0.369. The van der Waals surface area contributed by atoms with Gasteiger partial charge in [0.2, 0.25) is 0 Å². The van der Waals surface area contributed by atoms with Crippen molar-refractivity contribution in [2.75, 3.05) is 12.3 Å². The van der Waals surface area contributed by atoms with Gasteiger partial charge in [0.25, 0.3) is 0 Å². The Bertz CT molecular complexity index is 555. The van der Waals surface area contributed by atoms with Gasteiger partial charge in [-0.2, -0.15) is 0 Å². The molecule has 2 aromatic rings. The number of nitrogens with two attached hydrogens (primary N) is 1. The highest BCUT2D eigenvalue weighted by Gasteiger charge is 2.24. The molecule has 1 fully saturated rings. The van der Waals surface area contributed by atoms with Crippen LogP contribution in [0.1, 0.15) is 25.5 Å². The van der Waals surface area contributed by atoms with E-state index in [1.54, 1.807) is 6.33 Å². The Hall–Kier alpha value is -1.73. The lowest BCUT2D eigenvalue weighted by Crippen LogP contribution is -2.28. The first kappa shape index (κ1) is 11.4. The predicted octanol–water partition coefficient (Wildman–Crippen LogP) is 0.468. The summed E-state index contributed by atoms with van der Waals surface area (Å²) in [5, 5.41) is 9.17. The zero-order chi connectivity index (χ0) is 12.5. The van der Waals surface area contributed by atoms with E-state index in [4.69, 9.17) is 15.6 Å². The fourth-order valence-electron chi connectivity index (χ4n) is 2.30. The van der Waals surface area contributed by atoms with Gasteiger partial charge in [-0.3, -0.25) is 4.57 Å². The van der Waals surface area contributed by atoms with E-state index < -0.39 is 0 Å². The van der Waals surface area contributed by atoms with Crippen molar-refractivity contribution in [2.24, 2.45) is 0 Å². The summed E-state index contributed by atoms with van der Waals surface area (Å²) in [4.78, 5) is 12.3. The van der Waals surface area contributed by atoms with Gasteiger partial charge in [0, 0.05) is 0 Å². The van der Waals surface area contributed by atoms with E-state index in [1.807, 2.05) is 4.57 Å². The molecule has 7 heteroatoms. The van der Waals surface area contributed by atoms with E-state index in [0.29, 0.717) is 17.0 Å². The van der Waals surface area contributed by atoms with Crippen molar-refractivity contribution >= 4 is 17.0 Å². The Morgan fingerprint density at radius 3 is 3.11 bits per heavy atom. The number of fused-ring (bicyclic) bond motifs is 1. The Labute approximate surface area is 104 Å². The maximum atomic E-state index is 9.17. The molecule has 1 aliphatic rings. The average molecular weight is 249 g/mol. The summed E-state index contributed by atoms with van der Waals surface area (Å²) in [7, 11) is 0. The van der Waals surface area contributed by atoms with E-state index in [1.165, 1.54) is 6.33 Å². The van der Waals surface area contributed by atoms with Crippen LogP contribution in [0.15, 0.2) is 12.7 Å². The quantitative estimate of drug-likeness (QED) is 0.802. The van der Waals surface area contributed by atoms with E-state index >= 15 is 0 Å². The molecule has 18 heavy (non-hydrogen) atoms. The molecule has 0 aliphatic carbocycles. The average Bonchev–Trinajstić information content (AvgIpc) is 2.84. The summed E-state index contributed by atoms with van der Waals surface area (Å²) < 4.78 is 7.66. The van der Waals surface area contributed by atoms with E-state index in [9.17, 15) is 0 Å². The number of aliphatic hydroxyl groups is 1. The van der Waals surface area contributed by atoms with Crippen LogP contribution in [0.3, 0.4) is 0 Å². The lowest BCUT2D eigenvalue weighted by molar-refractivity contribution is -0.105. The largest absolute Gasteiger partial charge is 0.394 e. The molecule has 2 aromatic heterocycles. The summed E-state index contributed by atoms with van der Waals surface area (Å²) in [6.45, 7) is 0.0419. The SMILES string of the molecule is Nc1ncnc2c1ncn2[C@H]1CCC[C@@H](CO)O1. The molecule has 3 heterocycles. The Balaban J connectivity index is 1.96. The van der Waals surface area contributed by atoms with Crippen LogP contribution in [0.5, 0.6) is 0 Å². The number of nitrogen functional groups attached to an aromatic ring is 1. The third kappa shape index (κ3) is 1.81. The number of rotatable bonds is 2. The standard InChI is InChI=1S/C11H15N5O2/c12-10-9-11(14-5-13-10)16(6-15-9)8-3-1-2-7(4-17)18-8/h5-8,17H,1-4H2,(H2,12,13,14)/t7-,8+/m0/s1.